The first-order valence-electron chi connectivity index (χ1n) is 5.33. The van der Waals surface area contributed by atoms with Crippen LogP contribution >= 0.6 is 11.3 Å². The Hall–Kier alpha value is -2.02. The molecule has 0 amide bonds. The molecule has 3 aromatic rings. The summed E-state index contributed by atoms with van der Waals surface area (Å²) < 4.78 is 39.4. The summed E-state index contributed by atoms with van der Waals surface area (Å²) in [5.41, 5.74) is -0.616. The molecule has 1 aromatic carbocycles. The van der Waals surface area contributed by atoms with Gasteiger partial charge in [0.15, 0.2) is 0 Å². The molecule has 1 N–H and O–H groups in total. The normalized spacial score (nSPS) is 12.2. The van der Waals surface area contributed by atoms with Crippen molar-refractivity contribution in [2.45, 2.75) is 6.18 Å². The maximum absolute atomic E-state index is 12.7. The molecule has 0 aliphatic rings. The second-order valence-corrected chi connectivity index (χ2v) is 4.87. The van der Waals surface area contributed by atoms with Gasteiger partial charge in [-0.25, -0.2) is 4.79 Å². The first-order valence-corrected chi connectivity index (χ1v) is 6.20. The van der Waals surface area contributed by atoms with Gasteiger partial charge in [0.25, 0.3) is 0 Å². The highest BCUT2D eigenvalue weighted by Gasteiger charge is 2.31. The number of hydrogen-bond acceptors (Lipinski definition) is 2. The van der Waals surface area contributed by atoms with E-state index in [2.05, 4.69) is 4.98 Å². The van der Waals surface area contributed by atoms with Gasteiger partial charge >= 0.3 is 11.9 Å². The van der Waals surface area contributed by atoms with Crippen LogP contribution in [0.15, 0.2) is 40.5 Å². The SMILES string of the molecule is O=c1[nH]c2ccc(C(F)(F)F)cc2n1-c1cccs1. The van der Waals surface area contributed by atoms with E-state index < -0.39 is 17.4 Å². The lowest BCUT2D eigenvalue weighted by Crippen LogP contribution is -2.13. The lowest BCUT2D eigenvalue weighted by molar-refractivity contribution is -0.137. The number of H-pyrrole nitrogens is 1. The standard InChI is InChI=1S/C12H7F3N2OS/c13-12(14,15)7-3-4-8-9(6-7)17(11(18)16-8)10-2-1-5-19-10/h1-6H,(H,16,18). The van der Waals surface area contributed by atoms with Crippen molar-refractivity contribution in [3.8, 4) is 5.00 Å². The predicted molar refractivity (Wildman–Crippen MR) is 66.8 cm³/mol. The van der Waals surface area contributed by atoms with E-state index in [1.807, 2.05) is 0 Å². The van der Waals surface area contributed by atoms with E-state index in [-0.39, 0.29) is 5.52 Å². The van der Waals surface area contributed by atoms with Gasteiger partial charge in [-0.05, 0) is 35.7 Å². The number of benzene rings is 1. The molecule has 0 fully saturated rings. The topological polar surface area (TPSA) is 37.8 Å². The number of aromatic amines is 1. The Labute approximate surface area is 108 Å². The average Bonchev–Trinajstić information content (AvgIpc) is 2.92. The molecule has 0 aliphatic carbocycles. The van der Waals surface area contributed by atoms with Crippen LogP contribution in [0.25, 0.3) is 16.0 Å². The summed E-state index contributed by atoms with van der Waals surface area (Å²) in [6, 6.07) is 6.62. The quantitative estimate of drug-likeness (QED) is 0.730. The number of fused-ring (bicyclic) bond motifs is 1. The summed E-state index contributed by atoms with van der Waals surface area (Å²) in [4.78, 5) is 14.4. The molecule has 2 aromatic heterocycles. The van der Waals surface area contributed by atoms with Crippen molar-refractivity contribution in [2.75, 3.05) is 0 Å². The molecule has 0 spiro atoms. The Balaban J connectivity index is 2.33. The van der Waals surface area contributed by atoms with Crippen LogP contribution < -0.4 is 5.69 Å². The highest BCUT2D eigenvalue weighted by Crippen LogP contribution is 2.31. The second-order valence-electron chi connectivity index (χ2n) is 3.95. The number of aromatic nitrogens is 2. The van der Waals surface area contributed by atoms with Gasteiger partial charge in [-0.2, -0.15) is 13.2 Å². The molecule has 19 heavy (non-hydrogen) atoms. The van der Waals surface area contributed by atoms with Crippen molar-refractivity contribution < 1.29 is 13.2 Å². The fraction of sp³-hybridized carbons (Fsp3) is 0.0833. The molecule has 0 atom stereocenters. The molecular weight excluding hydrogens is 277 g/mol. The maximum Gasteiger partial charge on any atom is 0.416 e. The van der Waals surface area contributed by atoms with Crippen LogP contribution in [-0.4, -0.2) is 9.55 Å². The number of imidazole rings is 1. The van der Waals surface area contributed by atoms with E-state index in [0.717, 1.165) is 12.1 Å². The molecule has 0 radical (unpaired) electrons. The Bertz CT molecular complexity index is 784. The fourth-order valence-electron chi connectivity index (χ4n) is 1.90. The van der Waals surface area contributed by atoms with Crippen molar-refractivity contribution in [1.29, 1.82) is 0 Å². The Kier molecular flexibility index (Phi) is 2.53. The third-order valence-corrected chi connectivity index (χ3v) is 3.59. The minimum Gasteiger partial charge on any atom is -0.305 e. The monoisotopic (exact) mass is 284 g/mol. The molecule has 0 bridgehead atoms. The number of rotatable bonds is 1. The average molecular weight is 284 g/mol. The first-order chi connectivity index (χ1) is 8.97. The molecule has 2 heterocycles. The van der Waals surface area contributed by atoms with Gasteiger partial charge in [-0.3, -0.25) is 4.57 Å². The van der Waals surface area contributed by atoms with E-state index in [4.69, 9.17) is 0 Å². The van der Waals surface area contributed by atoms with Crippen molar-refractivity contribution >= 4 is 22.4 Å². The Morgan fingerprint density at radius 3 is 2.63 bits per heavy atom. The predicted octanol–water partition coefficient (Wildman–Crippen LogP) is 3.40. The van der Waals surface area contributed by atoms with E-state index in [9.17, 15) is 18.0 Å². The van der Waals surface area contributed by atoms with Gasteiger partial charge in [0.05, 0.1) is 16.6 Å². The number of halogens is 3. The number of nitrogens with zero attached hydrogens (tertiary/aromatic N) is 1. The van der Waals surface area contributed by atoms with Crippen LogP contribution in [0.2, 0.25) is 0 Å². The second kappa shape index (κ2) is 3.99. The van der Waals surface area contributed by atoms with Crippen LogP contribution in [0.1, 0.15) is 5.56 Å². The minimum absolute atomic E-state index is 0.224. The lowest BCUT2D eigenvalue weighted by atomic mass is 10.2. The summed E-state index contributed by atoms with van der Waals surface area (Å²) in [6.45, 7) is 0. The van der Waals surface area contributed by atoms with E-state index in [0.29, 0.717) is 10.5 Å². The minimum atomic E-state index is -4.43. The van der Waals surface area contributed by atoms with Gasteiger partial charge in [-0.15, -0.1) is 11.3 Å². The molecule has 3 nitrogen and oxygen atoms in total. The third-order valence-electron chi connectivity index (χ3n) is 2.74. The maximum atomic E-state index is 12.7. The fourth-order valence-corrected chi connectivity index (χ4v) is 2.64. The summed E-state index contributed by atoms with van der Waals surface area (Å²) in [5, 5.41) is 2.34. The van der Waals surface area contributed by atoms with Crippen LogP contribution in [0.5, 0.6) is 0 Å². The summed E-state index contributed by atoms with van der Waals surface area (Å²) >= 11 is 1.28. The Morgan fingerprint density at radius 2 is 2.00 bits per heavy atom. The Morgan fingerprint density at radius 1 is 1.21 bits per heavy atom. The third kappa shape index (κ3) is 1.95. The van der Waals surface area contributed by atoms with E-state index >= 15 is 0 Å². The zero-order valence-corrected chi connectivity index (χ0v) is 10.2. The van der Waals surface area contributed by atoms with Crippen LogP contribution in [0.4, 0.5) is 13.2 Å². The summed E-state index contributed by atoms with van der Waals surface area (Å²) in [5.74, 6) is 0. The van der Waals surface area contributed by atoms with Crippen molar-refractivity contribution in [3.05, 3.63) is 51.8 Å². The van der Waals surface area contributed by atoms with Gasteiger partial charge < -0.3 is 4.98 Å². The number of thiophene rings is 1. The zero-order chi connectivity index (χ0) is 13.6. The molecule has 98 valence electrons. The highest BCUT2D eigenvalue weighted by molar-refractivity contribution is 7.12. The van der Waals surface area contributed by atoms with Crippen molar-refractivity contribution in [1.82, 2.24) is 9.55 Å². The first kappa shape index (κ1) is 12.0. The smallest absolute Gasteiger partial charge is 0.305 e. The van der Waals surface area contributed by atoms with Crippen LogP contribution in [-0.2, 0) is 6.18 Å². The lowest BCUT2D eigenvalue weighted by Gasteiger charge is -2.07. The molecule has 0 saturated heterocycles. The molecule has 0 saturated carbocycles. The zero-order valence-electron chi connectivity index (χ0n) is 9.36. The van der Waals surface area contributed by atoms with Gasteiger partial charge in [-0.1, -0.05) is 0 Å². The number of nitrogens with one attached hydrogen (secondary N) is 1. The highest BCUT2D eigenvalue weighted by atomic mass is 32.1. The molecule has 0 unspecified atom stereocenters. The van der Waals surface area contributed by atoms with Gasteiger partial charge in [0.1, 0.15) is 5.00 Å². The van der Waals surface area contributed by atoms with Crippen molar-refractivity contribution in [3.63, 3.8) is 0 Å². The van der Waals surface area contributed by atoms with Crippen LogP contribution in [0, 0.1) is 0 Å². The van der Waals surface area contributed by atoms with Crippen LogP contribution in [0.3, 0.4) is 0 Å². The van der Waals surface area contributed by atoms with Gasteiger partial charge in [0.2, 0.25) is 0 Å². The molecule has 0 aliphatic heterocycles. The number of alkyl halides is 3. The number of hydrogen-bond donors (Lipinski definition) is 1. The van der Waals surface area contributed by atoms with E-state index in [1.165, 1.54) is 22.0 Å². The van der Waals surface area contributed by atoms with Crippen molar-refractivity contribution in [2.24, 2.45) is 0 Å². The summed E-state index contributed by atoms with van der Waals surface area (Å²) in [7, 11) is 0. The molecule has 3 rings (SSSR count). The van der Waals surface area contributed by atoms with Gasteiger partial charge in [0, 0.05) is 0 Å². The molecular formula is C12H7F3N2OS. The summed E-state index contributed by atoms with van der Waals surface area (Å²) in [6.07, 6.45) is -4.43. The van der Waals surface area contributed by atoms with E-state index in [1.54, 1.807) is 17.5 Å². The molecule has 7 heteroatoms. The largest absolute Gasteiger partial charge is 0.416 e.